The summed E-state index contributed by atoms with van der Waals surface area (Å²) in [5, 5.41) is 0. The van der Waals surface area contributed by atoms with Crippen molar-refractivity contribution >= 4 is 38.4 Å². The van der Waals surface area contributed by atoms with E-state index in [1.54, 1.807) is 0 Å². The number of thiol groups is 1. The zero-order valence-electron chi connectivity index (χ0n) is 20.5. The zero-order chi connectivity index (χ0) is 22.0. The van der Waals surface area contributed by atoms with E-state index in [2.05, 4.69) is 34.4 Å². The van der Waals surface area contributed by atoms with Crippen LogP contribution in [-0.2, 0) is 9.53 Å². The van der Waals surface area contributed by atoms with E-state index in [1.165, 1.54) is 109 Å². The molecule has 0 amide bonds. The number of rotatable bonds is 20. The molecule has 0 N–H and O–H groups in total. The second kappa shape index (κ2) is 28.6. The Labute approximate surface area is 196 Å². The number of unbranched alkanes of at least 4 members (excludes halogenated alkanes) is 17. The Morgan fingerprint density at radius 3 is 1.17 bits per heavy atom. The van der Waals surface area contributed by atoms with E-state index in [1.807, 2.05) is 0 Å². The van der Waals surface area contributed by atoms with Gasteiger partial charge in [-0.3, -0.25) is 4.79 Å². The number of carbonyl (C=O) groups excluding carboxylic acids is 1. The second-order valence-electron chi connectivity index (χ2n) is 9.12. The van der Waals surface area contributed by atoms with Crippen molar-refractivity contribution < 1.29 is 9.53 Å². The van der Waals surface area contributed by atoms with Crippen LogP contribution in [0.1, 0.15) is 122 Å². The Bertz CT molecular complexity index is 308. The summed E-state index contributed by atoms with van der Waals surface area (Å²) >= 11 is 3.25. The molecule has 0 saturated heterocycles. The Hall–Kier alpha value is 0.619. The zero-order valence-corrected chi connectivity index (χ0v) is 24.7. The van der Waals surface area contributed by atoms with E-state index in [0.717, 1.165) is 6.42 Å². The van der Waals surface area contributed by atoms with Crippen LogP contribution in [0.3, 0.4) is 0 Å². The number of carbonyl (C=O) groups is 1. The summed E-state index contributed by atoms with van der Waals surface area (Å²) in [4.78, 5) is 18.0. The predicted octanol–water partition coefficient (Wildman–Crippen LogP) is 8.60. The van der Waals surface area contributed by atoms with Crippen LogP contribution in [0.4, 0.5) is 0 Å². The first-order chi connectivity index (χ1) is 14.0. The topological polar surface area (TPSA) is 26.3 Å². The third-order valence-corrected chi connectivity index (χ3v) is 5.15. The minimum atomic E-state index is -0.637. The van der Waals surface area contributed by atoms with Gasteiger partial charge in [-0.2, -0.15) is 12.6 Å². The molecule has 0 aliphatic rings. The Morgan fingerprint density at radius 2 is 0.897 bits per heavy atom. The van der Waals surface area contributed by atoms with Crippen molar-refractivity contribution in [1.82, 2.24) is 0 Å². The van der Waals surface area contributed by atoms with E-state index >= 15 is 0 Å². The molecule has 176 valence electrons. The summed E-state index contributed by atoms with van der Waals surface area (Å²) in [7, 11) is 0. The fraction of sp³-hybridized carbons (Fsp3) is 0.960. The van der Waals surface area contributed by atoms with Crippen LogP contribution < -0.4 is 0 Å². The molecule has 0 aromatic heterocycles. The van der Waals surface area contributed by atoms with Crippen molar-refractivity contribution in [1.29, 1.82) is 0 Å². The molecule has 0 radical (unpaired) electrons. The molecule has 29 heavy (non-hydrogen) atoms. The predicted molar refractivity (Wildman–Crippen MR) is 138 cm³/mol. The van der Waals surface area contributed by atoms with Crippen molar-refractivity contribution in [3.8, 4) is 0 Å². The molecule has 0 saturated carbocycles. The molecule has 0 aliphatic carbocycles. The van der Waals surface area contributed by atoms with Crippen molar-refractivity contribution in [2.75, 3.05) is 12.4 Å². The van der Waals surface area contributed by atoms with E-state index < -0.39 is 19.8 Å². The quantitative estimate of drug-likeness (QED) is 0.0729. The molecule has 0 bridgehead atoms. The average Bonchev–Trinajstić information content (AvgIpc) is 2.69. The van der Waals surface area contributed by atoms with Gasteiger partial charge in [0.15, 0.2) is 0 Å². The summed E-state index contributed by atoms with van der Waals surface area (Å²) in [6, 6.07) is 0. The van der Waals surface area contributed by atoms with E-state index in [9.17, 15) is 4.79 Å². The fourth-order valence-electron chi connectivity index (χ4n) is 3.24. The monoisotopic (exact) mass is 538 g/mol. The SMILES string of the molecule is CCCCCCCCCCCCCCCCCCCCOC(=O)CS.[CH3][SnH]([CH3])[CH3]. The van der Waals surface area contributed by atoms with E-state index in [0.29, 0.717) is 6.61 Å². The van der Waals surface area contributed by atoms with Gasteiger partial charge in [0, 0.05) is 0 Å². The van der Waals surface area contributed by atoms with Gasteiger partial charge in [-0.15, -0.1) is 0 Å². The van der Waals surface area contributed by atoms with Crippen LogP contribution in [0.15, 0.2) is 0 Å². The number of ether oxygens (including phenoxy) is 1. The molecule has 4 heteroatoms. The molecule has 0 aromatic rings. The van der Waals surface area contributed by atoms with Crippen molar-refractivity contribution in [2.45, 2.75) is 137 Å². The first kappa shape index (κ1) is 31.8. The van der Waals surface area contributed by atoms with E-state index in [4.69, 9.17) is 4.74 Å². The fourth-order valence-corrected chi connectivity index (χ4v) is 3.33. The molecule has 0 atom stereocenters. The van der Waals surface area contributed by atoms with Crippen molar-refractivity contribution in [3.05, 3.63) is 0 Å². The molecule has 0 fully saturated rings. The summed E-state index contributed by atoms with van der Waals surface area (Å²) in [5.41, 5.74) is 0. The number of hydrogen-bond acceptors (Lipinski definition) is 3. The van der Waals surface area contributed by atoms with Gasteiger partial charge in [-0.25, -0.2) is 0 Å². The normalized spacial score (nSPS) is 10.7. The number of esters is 1. The minimum absolute atomic E-state index is 0.193. The van der Waals surface area contributed by atoms with Gasteiger partial charge >= 0.3 is 40.5 Å². The van der Waals surface area contributed by atoms with Crippen LogP contribution in [-0.4, -0.2) is 38.1 Å². The molecular weight excluding hydrogens is 483 g/mol. The van der Waals surface area contributed by atoms with Gasteiger partial charge < -0.3 is 4.74 Å². The second-order valence-corrected chi connectivity index (χ2v) is 19.3. The molecule has 0 aromatic carbocycles. The van der Waals surface area contributed by atoms with Crippen LogP contribution in [0.2, 0.25) is 14.8 Å². The van der Waals surface area contributed by atoms with Crippen LogP contribution in [0.25, 0.3) is 0 Å². The van der Waals surface area contributed by atoms with Gasteiger partial charge in [0.1, 0.15) is 0 Å². The average molecular weight is 537 g/mol. The Kier molecular flexibility index (Phi) is 31.4. The third kappa shape index (κ3) is 36.4. The van der Waals surface area contributed by atoms with Gasteiger partial charge in [-0.05, 0) is 6.42 Å². The molecule has 0 unspecified atom stereocenters. The van der Waals surface area contributed by atoms with Gasteiger partial charge in [0.25, 0.3) is 0 Å². The number of hydrogen-bond donors (Lipinski definition) is 1. The van der Waals surface area contributed by atoms with Crippen LogP contribution >= 0.6 is 12.6 Å². The summed E-state index contributed by atoms with van der Waals surface area (Å²) in [5.74, 6) is -0.00529. The molecule has 0 aliphatic heterocycles. The van der Waals surface area contributed by atoms with Crippen LogP contribution in [0.5, 0.6) is 0 Å². The molecule has 0 rings (SSSR count). The summed E-state index contributed by atoms with van der Waals surface area (Å²) < 4.78 is 5.00. The third-order valence-electron chi connectivity index (χ3n) is 4.89. The Morgan fingerprint density at radius 1 is 0.621 bits per heavy atom. The van der Waals surface area contributed by atoms with Gasteiger partial charge in [-0.1, -0.05) is 116 Å². The summed E-state index contributed by atoms with van der Waals surface area (Å²) in [6.07, 6.45) is 24.8. The van der Waals surface area contributed by atoms with Crippen molar-refractivity contribution in [2.24, 2.45) is 0 Å². The standard InChI is InChI=1S/C22H44O2S.3CH3.Sn.H/c1-2-3-4-5-6-7-8-9-10-11-12-13-14-15-16-17-18-19-20-24-22(23)21-25;;;;;/h25H,2-21H2,1H3;3*1H3;;. The van der Waals surface area contributed by atoms with Gasteiger partial charge in [0.2, 0.25) is 0 Å². The summed E-state index contributed by atoms with van der Waals surface area (Å²) in [6.45, 7) is 2.85. The van der Waals surface area contributed by atoms with Crippen molar-refractivity contribution in [3.63, 3.8) is 0 Å². The van der Waals surface area contributed by atoms with Gasteiger partial charge in [0.05, 0.1) is 12.4 Å². The maximum absolute atomic E-state index is 10.9. The Balaban J connectivity index is 0. The van der Waals surface area contributed by atoms with E-state index in [-0.39, 0.29) is 11.7 Å². The molecule has 2 nitrogen and oxygen atoms in total. The first-order valence-electron chi connectivity index (χ1n) is 12.8. The first-order valence-corrected chi connectivity index (χ1v) is 23.3. The molecular formula is C25H54O2SSn. The maximum atomic E-state index is 10.9. The molecule has 0 spiro atoms. The van der Waals surface area contributed by atoms with Crippen LogP contribution in [0, 0.1) is 0 Å². The molecule has 0 heterocycles.